The number of Topliss-reactive ketones (excluding diaryl/α,β-unsaturated/α-hetero) is 1. The van der Waals surface area contributed by atoms with Crippen LogP contribution in [0.5, 0.6) is 0 Å². The molecule has 2 N–H and O–H groups in total. The average Bonchev–Trinajstić information content (AvgIpc) is 2.85. The summed E-state index contributed by atoms with van der Waals surface area (Å²) in [5.74, 6) is -0.584. The lowest BCUT2D eigenvalue weighted by molar-refractivity contribution is -0.263. The van der Waals surface area contributed by atoms with E-state index in [1.54, 1.807) is 13.0 Å². The van der Waals surface area contributed by atoms with Crippen molar-refractivity contribution in [2.24, 2.45) is 34.5 Å². The van der Waals surface area contributed by atoms with Crippen molar-refractivity contribution in [2.75, 3.05) is 0 Å². The zero-order chi connectivity index (χ0) is 18.2. The van der Waals surface area contributed by atoms with Crippen LogP contribution < -0.4 is 0 Å². The quantitative estimate of drug-likeness (QED) is 0.716. The Morgan fingerprint density at radius 1 is 1.12 bits per heavy atom. The fourth-order valence-corrected chi connectivity index (χ4v) is 7.34. The van der Waals surface area contributed by atoms with Gasteiger partial charge in [-0.25, -0.2) is 0 Å². The van der Waals surface area contributed by atoms with Gasteiger partial charge in [-0.05, 0) is 74.7 Å². The molecule has 0 aromatic carbocycles. The van der Waals surface area contributed by atoms with Gasteiger partial charge in [0.1, 0.15) is 5.78 Å². The Kier molecular flexibility index (Phi) is 3.66. The largest absolute Gasteiger partial charge is 0.365 e. The second kappa shape index (κ2) is 5.26. The van der Waals surface area contributed by atoms with Crippen LogP contribution >= 0.6 is 0 Å². The molecule has 0 unspecified atom stereocenters. The standard InChI is InChI=1S/C21H30O4/c1-12(22)16-6-7-17-15-5-4-13-10-14(23)11-21(24,25)20(13,3)18(15)8-9-19(16,17)2/h10,15-18,24-25H,4-9,11H2,1-3H3/t15-,16-,17-,18-,19+,20-/m0/s1. The van der Waals surface area contributed by atoms with Gasteiger partial charge >= 0.3 is 0 Å². The summed E-state index contributed by atoms with van der Waals surface area (Å²) in [5, 5.41) is 21.6. The van der Waals surface area contributed by atoms with Crippen LogP contribution in [0.4, 0.5) is 0 Å². The maximum absolute atomic E-state index is 12.2. The molecule has 3 fully saturated rings. The smallest absolute Gasteiger partial charge is 0.179 e. The summed E-state index contributed by atoms with van der Waals surface area (Å²) in [5.41, 5.74) is 0.252. The van der Waals surface area contributed by atoms with Gasteiger partial charge in [0.2, 0.25) is 0 Å². The van der Waals surface area contributed by atoms with Crippen molar-refractivity contribution < 1.29 is 19.8 Å². The first-order valence-corrected chi connectivity index (χ1v) is 9.80. The molecule has 3 saturated carbocycles. The molecule has 0 bridgehead atoms. The number of rotatable bonds is 1. The van der Waals surface area contributed by atoms with Gasteiger partial charge in [-0.15, -0.1) is 0 Å². The second-order valence-corrected chi connectivity index (χ2v) is 9.53. The molecule has 4 aliphatic rings. The fraction of sp³-hybridized carbons (Fsp3) is 0.810. The topological polar surface area (TPSA) is 74.6 Å². The number of carbonyl (C=O) groups excluding carboxylic acids is 2. The molecular formula is C21H30O4. The highest BCUT2D eigenvalue weighted by atomic mass is 16.5. The zero-order valence-electron chi connectivity index (χ0n) is 15.5. The van der Waals surface area contributed by atoms with Gasteiger partial charge < -0.3 is 10.2 Å². The number of fused-ring (bicyclic) bond motifs is 5. The van der Waals surface area contributed by atoms with Crippen LogP contribution in [0.25, 0.3) is 0 Å². The van der Waals surface area contributed by atoms with Crippen LogP contribution in [0.3, 0.4) is 0 Å². The van der Waals surface area contributed by atoms with Gasteiger partial charge in [-0.1, -0.05) is 19.4 Å². The molecular weight excluding hydrogens is 316 g/mol. The maximum Gasteiger partial charge on any atom is 0.179 e. The van der Waals surface area contributed by atoms with E-state index in [0.717, 1.165) is 44.1 Å². The summed E-state index contributed by atoms with van der Waals surface area (Å²) in [6.45, 7) is 5.98. The third-order valence-electron chi connectivity index (χ3n) is 8.67. The molecule has 0 saturated heterocycles. The van der Waals surface area contributed by atoms with Crippen LogP contribution in [-0.4, -0.2) is 27.6 Å². The van der Waals surface area contributed by atoms with E-state index in [2.05, 4.69) is 6.92 Å². The average molecular weight is 346 g/mol. The monoisotopic (exact) mass is 346 g/mol. The molecule has 0 spiro atoms. The van der Waals surface area contributed by atoms with Crippen LogP contribution in [0.1, 0.15) is 65.7 Å². The summed E-state index contributed by atoms with van der Waals surface area (Å²) in [6.07, 6.45) is 7.17. The molecule has 6 atom stereocenters. The van der Waals surface area contributed by atoms with E-state index in [1.165, 1.54) is 0 Å². The van der Waals surface area contributed by atoms with Crippen LogP contribution in [0, 0.1) is 34.5 Å². The first-order chi connectivity index (χ1) is 11.6. The van der Waals surface area contributed by atoms with Crippen molar-refractivity contribution in [3.63, 3.8) is 0 Å². The predicted molar refractivity (Wildman–Crippen MR) is 93.4 cm³/mol. The number of aliphatic hydroxyl groups is 2. The Balaban J connectivity index is 1.73. The summed E-state index contributed by atoms with van der Waals surface area (Å²) in [7, 11) is 0. The summed E-state index contributed by atoms with van der Waals surface area (Å²) >= 11 is 0. The Bertz CT molecular complexity index is 663. The van der Waals surface area contributed by atoms with Crippen molar-refractivity contribution in [3.05, 3.63) is 11.6 Å². The van der Waals surface area contributed by atoms with E-state index < -0.39 is 11.2 Å². The third kappa shape index (κ3) is 2.13. The molecule has 0 aliphatic heterocycles. The van der Waals surface area contributed by atoms with E-state index >= 15 is 0 Å². The molecule has 138 valence electrons. The van der Waals surface area contributed by atoms with Crippen LogP contribution in [0.15, 0.2) is 11.6 Å². The zero-order valence-corrected chi connectivity index (χ0v) is 15.5. The van der Waals surface area contributed by atoms with E-state index in [9.17, 15) is 19.8 Å². The highest BCUT2D eigenvalue weighted by Crippen LogP contribution is 2.67. The molecule has 4 heteroatoms. The number of hydrogen-bond donors (Lipinski definition) is 2. The van der Waals surface area contributed by atoms with E-state index in [4.69, 9.17) is 0 Å². The van der Waals surface area contributed by atoms with E-state index in [0.29, 0.717) is 17.6 Å². The minimum absolute atomic E-state index is 0.0582. The van der Waals surface area contributed by atoms with Crippen LogP contribution in [0.2, 0.25) is 0 Å². The third-order valence-corrected chi connectivity index (χ3v) is 8.67. The summed E-state index contributed by atoms with van der Waals surface area (Å²) < 4.78 is 0. The molecule has 0 radical (unpaired) electrons. The SMILES string of the molecule is CC(=O)[C@@H]1CC[C@H]2[C@@H]3CCC4=CC(=O)CC(O)(O)[C@]4(C)[C@H]3CC[C@]12C. The minimum atomic E-state index is -1.95. The Morgan fingerprint density at radius 3 is 2.52 bits per heavy atom. The molecule has 0 aromatic rings. The number of carbonyl (C=O) groups is 2. The first kappa shape index (κ1) is 17.4. The van der Waals surface area contributed by atoms with Crippen molar-refractivity contribution in [3.8, 4) is 0 Å². The van der Waals surface area contributed by atoms with Gasteiger partial charge in [-0.2, -0.15) is 0 Å². The van der Waals surface area contributed by atoms with Crippen LogP contribution in [-0.2, 0) is 9.59 Å². The second-order valence-electron chi connectivity index (χ2n) is 9.53. The van der Waals surface area contributed by atoms with Gasteiger partial charge in [0.15, 0.2) is 11.6 Å². The maximum atomic E-state index is 12.2. The van der Waals surface area contributed by atoms with E-state index in [-0.39, 0.29) is 29.5 Å². The summed E-state index contributed by atoms with van der Waals surface area (Å²) in [6, 6.07) is 0. The molecule has 0 aromatic heterocycles. The lowest BCUT2D eigenvalue weighted by Crippen LogP contribution is -2.61. The van der Waals surface area contributed by atoms with Gasteiger partial charge in [-0.3, -0.25) is 9.59 Å². The van der Waals surface area contributed by atoms with Crippen molar-refractivity contribution in [1.29, 1.82) is 0 Å². The number of ketones is 2. The molecule has 25 heavy (non-hydrogen) atoms. The molecule has 4 rings (SSSR count). The van der Waals surface area contributed by atoms with Gasteiger partial charge in [0.05, 0.1) is 6.42 Å². The predicted octanol–water partition coefficient (Wildman–Crippen LogP) is 3.01. The lowest BCUT2D eigenvalue weighted by atomic mass is 9.45. The Morgan fingerprint density at radius 2 is 1.84 bits per heavy atom. The van der Waals surface area contributed by atoms with Gasteiger partial charge in [0, 0.05) is 11.3 Å². The van der Waals surface area contributed by atoms with Gasteiger partial charge in [0.25, 0.3) is 0 Å². The van der Waals surface area contributed by atoms with E-state index in [1.807, 2.05) is 6.92 Å². The van der Waals surface area contributed by atoms with Crippen molar-refractivity contribution >= 4 is 11.6 Å². The summed E-state index contributed by atoms with van der Waals surface area (Å²) in [4.78, 5) is 24.1. The Hall–Kier alpha value is -1.00. The Labute approximate surface area is 149 Å². The molecule has 0 amide bonds. The normalized spacial score (nSPS) is 48.2. The molecule has 4 aliphatic carbocycles. The van der Waals surface area contributed by atoms with Crippen molar-refractivity contribution in [1.82, 2.24) is 0 Å². The lowest BCUT2D eigenvalue weighted by Gasteiger charge is -2.60. The highest BCUT2D eigenvalue weighted by molar-refractivity contribution is 5.92. The minimum Gasteiger partial charge on any atom is -0.365 e. The van der Waals surface area contributed by atoms with Crippen molar-refractivity contribution in [2.45, 2.75) is 71.5 Å². The first-order valence-electron chi connectivity index (χ1n) is 9.80. The fourth-order valence-electron chi connectivity index (χ4n) is 7.34. The number of hydrogen-bond acceptors (Lipinski definition) is 4. The molecule has 0 heterocycles. The highest BCUT2D eigenvalue weighted by Gasteiger charge is 2.64. The molecule has 4 nitrogen and oxygen atoms in total.